The molecule has 2 aromatic heterocycles. The Balaban J connectivity index is 0.00000176. The monoisotopic (exact) mass is 319 g/mol. The largest absolute Gasteiger partial charge is 0.332 e. The van der Waals surface area contributed by atoms with Crippen LogP contribution in [0.25, 0.3) is 17.3 Å². The molecule has 0 aliphatic carbocycles. The maximum Gasteiger partial charge on any atom is 0.276 e. The van der Waals surface area contributed by atoms with Gasteiger partial charge in [-0.1, -0.05) is 23.4 Å². The quantitative estimate of drug-likeness (QED) is 0.782. The third-order valence-electron chi connectivity index (χ3n) is 3.34. The van der Waals surface area contributed by atoms with E-state index in [4.69, 9.17) is 4.52 Å². The Hall–Kier alpha value is -2.18. The Morgan fingerprint density at radius 3 is 2.77 bits per heavy atom. The van der Waals surface area contributed by atoms with Gasteiger partial charge in [-0.25, -0.2) is 4.98 Å². The van der Waals surface area contributed by atoms with Crippen molar-refractivity contribution in [3.05, 3.63) is 48.7 Å². The zero-order valence-corrected chi connectivity index (χ0v) is 13.2. The smallest absolute Gasteiger partial charge is 0.276 e. The molecule has 3 rings (SSSR count). The summed E-state index contributed by atoms with van der Waals surface area (Å²) in [5, 5.41) is 7.18. The Morgan fingerprint density at radius 2 is 2.05 bits per heavy atom. The first-order valence-corrected chi connectivity index (χ1v) is 6.86. The first-order valence-electron chi connectivity index (χ1n) is 6.86. The lowest BCUT2D eigenvalue weighted by Crippen LogP contribution is -2.24. The van der Waals surface area contributed by atoms with Crippen LogP contribution >= 0.6 is 12.4 Å². The van der Waals surface area contributed by atoms with E-state index in [1.807, 2.05) is 41.9 Å². The Labute approximate surface area is 135 Å². The normalized spacial score (nSPS) is 11.9. The van der Waals surface area contributed by atoms with E-state index in [0.29, 0.717) is 17.8 Å². The summed E-state index contributed by atoms with van der Waals surface area (Å²) >= 11 is 0. The van der Waals surface area contributed by atoms with Gasteiger partial charge in [-0.2, -0.15) is 4.98 Å². The minimum atomic E-state index is 0. The molecule has 2 heterocycles. The van der Waals surface area contributed by atoms with E-state index in [2.05, 4.69) is 27.4 Å². The minimum Gasteiger partial charge on any atom is -0.332 e. The average Bonchev–Trinajstić information content (AvgIpc) is 3.16. The van der Waals surface area contributed by atoms with Gasteiger partial charge in [0.25, 0.3) is 5.89 Å². The van der Waals surface area contributed by atoms with Crippen molar-refractivity contribution in [3.8, 4) is 17.3 Å². The van der Waals surface area contributed by atoms with Gasteiger partial charge in [-0.05, 0) is 26.1 Å². The summed E-state index contributed by atoms with van der Waals surface area (Å²) in [6.45, 7) is 2.07. The number of rotatable bonds is 5. The van der Waals surface area contributed by atoms with Crippen LogP contribution in [0.15, 0.2) is 47.4 Å². The van der Waals surface area contributed by atoms with Gasteiger partial charge in [-0.15, -0.1) is 12.4 Å². The van der Waals surface area contributed by atoms with E-state index >= 15 is 0 Å². The molecule has 0 bridgehead atoms. The summed E-state index contributed by atoms with van der Waals surface area (Å²) in [6.07, 6.45) is 4.19. The summed E-state index contributed by atoms with van der Waals surface area (Å²) in [4.78, 5) is 8.63. The molecule has 1 aromatic carbocycles. The topological polar surface area (TPSA) is 68.8 Å². The number of benzene rings is 1. The molecular weight excluding hydrogens is 302 g/mol. The van der Waals surface area contributed by atoms with Crippen LogP contribution in [0.3, 0.4) is 0 Å². The zero-order valence-electron chi connectivity index (χ0n) is 12.4. The molecule has 1 N–H and O–H groups in total. The molecule has 116 valence electrons. The highest BCUT2D eigenvalue weighted by Gasteiger charge is 2.15. The Bertz CT molecular complexity index is 710. The van der Waals surface area contributed by atoms with E-state index in [1.165, 1.54) is 0 Å². The van der Waals surface area contributed by atoms with Gasteiger partial charge < -0.3 is 9.84 Å². The summed E-state index contributed by atoms with van der Waals surface area (Å²) in [5.41, 5.74) is 1.80. The van der Waals surface area contributed by atoms with E-state index in [1.54, 1.807) is 12.5 Å². The first-order chi connectivity index (χ1) is 10.3. The summed E-state index contributed by atoms with van der Waals surface area (Å²) < 4.78 is 7.30. The zero-order chi connectivity index (χ0) is 14.7. The highest BCUT2D eigenvalue weighted by atomic mass is 35.5. The third kappa shape index (κ3) is 3.35. The van der Waals surface area contributed by atoms with E-state index in [9.17, 15) is 0 Å². The molecule has 1 atom stereocenters. The summed E-state index contributed by atoms with van der Waals surface area (Å²) in [6, 6.07) is 10.2. The number of likely N-dealkylation sites (N-methyl/N-ethyl adjacent to an activating group) is 1. The molecular formula is C15H18ClN5O. The van der Waals surface area contributed by atoms with Crippen molar-refractivity contribution >= 4 is 12.4 Å². The van der Waals surface area contributed by atoms with Gasteiger partial charge in [0, 0.05) is 18.2 Å². The molecule has 6 nitrogen and oxygen atoms in total. The van der Waals surface area contributed by atoms with Crippen LogP contribution in [0, 0.1) is 0 Å². The number of halogens is 1. The lowest BCUT2D eigenvalue weighted by molar-refractivity contribution is 0.416. The van der Waals surface area contributed by atoms with Crippen LogP contribution in [0.4, 0.5) is 0 Å². The van der Waals surface area contributed by atoms with Gasteiger partial charge >= 0.3 is 0 Å². The maximum absolute atomic E-state index is 5.37. The predicted molar refractivity (Wildman–Crippen MR) is 86.3 cm³/mol. The lowest BCUT2D eigenvalue weighted by atomic mass is 10.2. The number of nitrogens with zero attached hydrogens (tertiary/aromatic N) is 4. The van der Waals surface area contributed by atoms with Gasteiger partial charge in [0.15, 0.2) is 5.82 Å². The number of aromatic nitrogens is 4. The van der Waals surface area contributed by atoms with Crippen LogP contribution in [-0.4, -0.2) is 32.8 Å². The number of nitrogens with one attached hydrogen (secondary N) is 1. The van der Waals surface area contributed by atoms with Crippen LogP contribution in [0.5, 0.6) is 0 Å². The Morgan fingerprint density at radius 1 is 1.27 bits per heavy atom. The molecule has 0 fully saturated rings. The van der Waals surface area contributed by atoms with Crippen molar-refractivity contribution in [1.29, 1.82) is 0 Å². The molecule has 0 amide bonds. The molecule has 0 saturated heterocycles. The second kappa shape index (κ2) is 7.20. The highest BCUT2D eigenvalue weighted by Crippen LogP contribution is 2.21. The van der Waals surface area contributed by atoms with Crippen molar-refractivity contribution in [2.75, 3.05) is 7.05 Å². The summed E-state index contributed by atoms with van der Waals surface area (Å²) in [5.74, 6) is 1.17. The van der Waals surface area contributed by atoms with E-state index in [-0.39, 0.29) is 12.4 Å². The van der Waals surface area contributed by atoms with Gasteiger partial charge in [0.2, 0.25) is 0 Å². The molecule has 3 aromatic rings. The minimum absolute atomic E-state index is 0. The highest BCUT2D eigenvalue weighted by molar-refractivity contribution is 5.85. The molecule has 0 aliphatic rings. The van der Waals surface area contributed by atoms with Crippen molar-refractivity contribution < 1.29 is 4.52 Å². The second-order valence-electron chi connectivity index (χ2n) is 4.89. The third-order valence-corrected chi connectivity index (χ3v) is 3.34. The fraction of sp³-hybridized carbons (Fsp3) is 0.267. The van der Waals surface area contributed by atoms with Crippen LogP contribution < -0.4 is 5.32 Å². The average molecular weight is 320 g/mol. The van der Waals surface area contributed by atoms with E-state index < -0.39 is 0 Å². The van der Waals surface area contributed by atoms with Crippen molar-refractivity contribution in [3.63, 3.8) is 0 Å². The van der Waals surface area contributed by atoms with Crippen LogP contribution in [-0.2, 0) is 6.42 Å². The standard InChI is InChI=1S/C15H17N5O.ClH/c1-11(16-2)8-14-18-15(21-19-14)13-9-17-10-20(13)12-6-4-3-5-7-12;/h3-7,9-11,16H,8H2,1-2H3;1H. The first kappa shape index (κ1) is 16.2. The molecule has 22 heavy (non-hydrogen) atoms. The molecule has 1 unspecified atom stereocenters. The van der Waals surface area contributed by atoms with Gasteiger partial charge in [0.1, 0.15) is 5.69 Å². The maximum atomic E-state index is 5.37. The van der Waals surface area contributed by atoms with Crippen molar-refractivity contribution in [2.45, 2.75) is 19.4 Å². The van der Waals surface area contributed by atoms with Crippen molar-refractivity contribution in [1.82, 2.24) is 25.0 Å². The Kier molecular flexibility index (Phi) is 5.30. The predicted octanol–water partition coefficient (Wildman–Crippen LogP) is 2.49. The number of para-hydroxylation sites is 1. The number of hydrogen-bond acceptors (Lipinski definition) is 5. The molecule has 0 spiro atoms. The molecule has 0 aliphatic heterocycles. The molecule has 7 heteroatoms. The fourth-order valence-corrected chi connectivity index (χ4v) is 2.06. The molecule has 0 radical (unpaired) electrons. The SMILES string of the molecule is CNC(C)Cc1noc(-c2cncn2-c2ccccc2)n1.Cl. The van der Waals surface area contributed by atoms with Crippen LogP contribution in [0.2, 0.25) is 0 Å². The van der Waals surface area contributed by atoms with E-state index in [0.717, 1.165) is 17.8 Å². The van der Waals surface area contributed by atoms with Gasteiger partial charge in [-0.3, -0.25) is 4.57 Å². The number of imidazole rings is 1. The lowest BCUT2D eigenvalue weighted by Gasteiger charge is -2.05. The fourth-order valence-electron chi connectivity index (χ4n) is 2.06. The van der Waals surface area contributed by atoms with Gasteiger partial charge in [0.05, 0.1) is 12.5 Å². The van der Waals surface area contributed by atoms with Crippen molar-refractivity contribution in [2.24, 2.45) is 0 Å². The number of hydrogen-bond donors (Lipinski definition) is 1. The second-order valence-corrected chi connectivity index (χ2v) is 4.89. The summed E-state index contributed by atoms with van der Waals surface area (Å²) in [7, 11) is 1.91. The molecule has 0 saturated carbocycles. The van der Waals surface area contributed by atoms with Crippen LogP contribution in [0.1, 0.15) is 12.7 Å².